The molecule has 0 amide bonds. The fourth-order valence-corrected chi connectivity index (χ4v) is 6.69. The zero-order valence-corrected chi connectivity index (χ0v) is 17.2. The molecule has 138 valence electrons. The molecule has 0 aliphatic heterocycles. The number of benzene rings is 3. The molecular weight excluding hydrogens is 345 g/mol. The number of rotatable bonds is 5. The van der Waals surface area contributed by atoms with E-state index in [-0.39, 0.29) is 5.75 Å². The predicted octanol–water partition coefficient (Wildman–Crippen LogP) is 4.44. The topological polar surface area (TPSA) is 39.2 Å². The van der Waals surface area contributed by atoms with E-state index in [1.165, 1.54) is 0 Å². The van der Waals surface area contributed by atoms with Crippen molar-refractivity contribution in [3.8, 4) is 11.5 Å². The highest BCUT2D eigenvalue weighted by Gasteiger charge is 2.53. The van der Waals surface area contributed by atoms with Gasteiger partial charge in [0.05, 0.1) is 0 Å². The van der Waals surface area contributed by atoms with Crippen molar-refractivity contribution >= 4 is 29.5 Å². The summed E-state index contributed by atoms with van der Waals surface area (Å²) in [6.07, 6.45) is 0. The lowest BCUT2D eigenvalue weighted by Gasteiger charge is -2.37. The first-order valence-corrected chi connectivity index (χ1v) is 10.1. The molecule has 6 heteroatoms. The van der Waals surface area contributed by atoms with Crippen LogP contribution in [0.15, 0.2) is 48.5 Å². The van der Waals surface area contributed by atoms with Crippen molar-refractivity contribution in [2.24, 2.45) is 0 Å². The maximum Gasteiger partial charge on any atom is 0.416 e. The normalized spacial score (nSPS) is 12.7. The highest BCUT2D eigenvalue weighted by Crippen LogP contribution is 2.65. The maximum absolute atomic E-state index is 11.1. The van der Waals surface area contributed by atoms with Gasteiger partial charge in [-0.3, -0.25) is 4.52 Å². The van der Waals surface area contributed by atoms with Gasteiger partial charge in [-0.2, -0.15) is 0 Å². The Bertz CT molecular complexity index is 919. The van der Waals surface area contributed by atoms with E-state index in [1.807, 2.05) is 84.8 Å². The van der Waals surface area contributed by atoms with Gasteiger partial charge in [0.15, 0.2) is 5.75 Å². The van der Waals surface area contributed by atoms with E-state index in [4.69, 9.17) is 4.52 Å². The zero-order valence-electron chi connectivity index (χ0n) is 16.3. The monoisotopic (exact) mass is 372 g/mol. The number of nitrogens with zero attached hydrogens (tertiary/aromatic N) is 3. The second-order valence-corrected chi connectivity index (χ2v) is 10.5. The average molecular weight is 372 g/mol. The molecule has 0 aliphatic rings. The minimum atomic E-state index is -2.30. The van der Waals surface area contributed by atoms with Gasteiger partial charge in [0.1, 0.15) is 0 Å². The van der Waals surface area contributed by atoms with Crippen molar-refractivity contribution in [2.75, 3.05) is 42.3 Å². The van der Waals surface area contributed by atoms with E-state index in [2.05, 4.69) is 20.1 Å². The van der Waals surface area contributed by atoms with Crippen LogP contribution >= 0.6 is 7.94 Å². The summed E-state index contributed by atoms with van der Waals surface area (Å²) in [6.45, 7) is 0. The molecule has 1 N–H and O–H groups in total. The fraction of sp³-hybridized carbons (Fsp3) is 0.300. The summed E-state index contributed by atoms with van der Waals surface area (Å²) < 4.78 is 13.0. The van der Waals surface area contributed by atoms with Crippen LogP contribution in [-0.4, -0.2) is 61.4 Å². The van der Waals surface area contributed by atoms with Gasteiger partial charge < -0.3 is 5.11 Å². The Morgan fingerprint density at radius 1 is 0.654 bits per heavy atom. The first-order valence-electron chi connectivity index (χ1n) is 8.55. The number of hydrogen-bond acceptors (Lipinski definition) is 5. The Morgan fingerprint density at radius 2 is 1.04 bits per heavy atom. The van der Waals surface area contributed by atoms with Crippen molar-refractivity contribution < 1.29 is 9.63 Å². The molecular formula is C20H27N3O2P+. The van der Waals surface area contributed by atoms with Gasteiger partial charge >= 0.3 is 7.94 Å². The van der Waals surface area contributed by atoms with E-state index in [0.717, 1.165) is 21.5 Å². The quantitative estimate of drug-likeness (QED) is 0.530. The molecule has 0 saturated carbocycles. The van der Waals surface area contributed by atoms with Crippen molar-refractivity contribution in [1.29, 1.82) is 0 Å². The lowest BCUT2D eigenvalue weighted by Crippen LogP contribution is -2.39. The summed E-state index contributed by atoms with van der Waals surface area (Å²) in [7, 11) is 9.74. The average Bonchev–Trinajstić information content (AvgIpc) is 2.61. The van der Waals surface area contributed by atoms with Gasteiger partial charge in [-0.05, 0) is 10.8 Å². The summed E-state index contributed by atoms with van der Waals surface area (Å²) in [5.41, 5.74) is 0. The van der Waals surface area contributed by atoms with Crippen LogP contribution in [0.4, 0.5) is 0 Å². The molecule has 3 rings (SSSR count). The van der Waals surface area contributed by atoms with Crippen LogP contribution < -0.4 is 4.52 Å². The second kappa shape index (κ2) is 7.01. The largest absolute Gasteiger partial charge is 0.504 e. The third kappa shape index (κ3) is 2.81. The van der Waals surface area contributed by atoms with Crippen LogP contribution in [-0.2, 0) is 0 Å². The number of hydrogen-bond donors (Lipinski definition) is 1. The SMILES string of the molecule is CN(C)[P+](Oc1c(O)c2ccccc2c2ccccc12)(N(C)C)N(C)C. The Balaban J connectivity index is 2.34. The first kappa shape index (κ1) is 18.9. The highest BCUT2D eigenvalue weighted by molar-refractivity contribution is 7.64. The van der Waals surface area contributed by atoms with Crippen molar-refractivity contribution in [3.63, 3.8) is 0 Å². The molecule has 3 aromatic rings. The second-order valence-electron chi connectivity index (χ2n) is 6.92. The lowest BCUT2D eigenvalue weighted by atomic mass is 10.0. The molecule has 0 radical (unpaired) electrons. The van der Waals surface area contributed by atoms with Gasteiger partial charge in [0, 0.05) is 53.1 Å². The first-order chi connectivity index (χ1) is 12.3. The highest BCUT2D eigenvalue weighted by atomic mass is 31.2. The number of aromatic hydroxyl groups is 1. The van der Waals surface area contributed by atoms with Gasteiger partial charge in [0.2, 0.25) is 5.75 Å². The zero-order chi connectivity index (χ0) is 19.1. The smallest absolute Gasteiger partial charge is 0.416 e. The number of phenols is 1. The van der Waals surface area contributed by atoms with Gasteiger partial charge in [0.25, 0.3) is 0 Å². The van der Waals surface area contributed by atoms with Crippen LogP contribution in [0.3, 0.4) is 0 Å². The molecule has 0 unspecified atom stereocenters. The molecule has 0 atom stereocenters. The summed E-state index contributed by atoms with van der Waals surface area (Å²) in [4.78, 5) is 0. The number of phenolic OH excluding ortho intramolecular Hbond substituents is 1. The third-order valence-electron chi connectivity index (χ3n) is 4.64. The Kier molecular flexibility index (Phi) is 5.09. The van der Waals surface area contributed by atoms with Gasteiger partial charge in [-0.15, -0.1) is 14.0 Å². The Labute approximate surface area is 156 Å². The minimum Gasteiger partial charge on any atom is -0.504 e. The van der Waals surface area contributed by atoms with Crippen molar-refractivity contribution in [3.05, 3.63) is 48.5 Å². The molecule has 3 aromatic carbocycles. The van der Waals surface area contributed by atoms with Gasteiger partial charge in [-0.25, -0.2) is 0 Å². The minimum absolute atomic E-state index is 0.189. The van der Waals surface area contributed by atoms with E-state index in [0.29, 0.717) is 5.75 Å². The summed E-state index contributed by atoms with van der Waals surface area (Å²) in [5, 5.41) is 14.9. The van der Waals surface area contributed by atoms with E-state index >= 15 is 0 Å². The molecule has 0 spiro atoms. The van der Waals surface area contributed by atoms with Crippen LogP contribution in [0.2, 0.25) is 0 Å². The molecule has 0 saturated heterocycles. The fourth-order valence-electron chi connectivity index (χ4n) is 3.62. The van der Waals surface area contributed by atoms with Crippen molar-refractivity contribution in [1.82, 2.24) is 14.0 Å². The predicted molar refractivity (Wildman–Crippen MR) is 112 cm³/mol. The third-order valence-corrected chi connectivity index (χ3v) is 8.19. The van der Waals surface area contributed by atoms with Crippen LogP contribution in [0.5, 0.6) is 11.5 Å². The molecule has 0 fully saturated rings. The van der Waals surface area contributed by atoms with Crippen LogP contribution in [0.1, 0.15) is 0 Å². The molecule has 0 aromatic heterocycles. The van der Waals surface area contributed by atoms with Crippen LogP contribution in [0, 0.1) is 0 Å². The molecule has 0 aliphatic carbocycles. The van der Waals surface area contributed by atoms with E-state index in [9.17, 15) is 5.11 Å². The molecule has 0 bridgehead atoms. The standard InChI is InChI=1S/C20H26N3O2P/c1-21(2)26(22(3)4,23(5)6)25-20-18-14-10-8-12-16(18)15-11-7-9-13-17(15)19(20)24/h7-14H,1-6H3/p+1. The maximum atomic E-state index is 11.1. The van der Waals surface area contributed by atoms with E-state index < -0.39 is 7.94 Å². The van der Waals surface area contributed by atoms with Gasteiger partial charge in [-0.1, -0.05) is 48.5 Å². The molecule has 5 nitrogen and oxygen atoms in total. The molecule has 0 heterocycles. The van der Waals surface area contributed by atoms with E-state index in [1.54, 1.807) is 0 Å². The summed E-state index contributed by atoms with van der Waals surface area (Å²) >= 11 is 0. The van der Waals surface area contributed by atoms with Crippen molar-refractivity contribution in [2.45, 2.75) is 0 Å². The number of fused-ring (bicyclic) bond motifs is 3. The Hall–Kier alpha value is -1.91. The summed E-state index contributed by atoms with van der Waals surface area (Å²) in [6, 6.07) is 16.0. The van der Waals surface area contributed by atoms with Crippen LogP contribution in [0.25, 0.3) is 21.5 Å². The summed E-state index contributed by atoms with van der Waals surface area (Å²) in [5.74, 6) is 0.720. The molecule has 26 heavy (non-hydrogen) atoms. The Morgan fingerprint density at radius 3 is 1.50 bits per heavy atom. The lowest BCUT2D eigenvalue weighted by molar-refractivity contribution is 0.343.